The maximum Gasteiger partial charge on any atom is 0.407 e. The minimum Gasteiger partial charge on any atom is -0.444 e. The van der Waals surface area contributed by atoms with Gasteiger partial charge in [0.2, 0.25) is 0 Å². The van der Waals surface area contributed by atoms with Gasteiger partial charge in [0.05, 0.1) is 0 Å². The lowest BCUT2D eigenvalue weighted by Crippen LogP contribution is -2.35. The molecule has 0 bridgehead atoms. The van der Waals surface area contributed by atoms with Crippen LogP contribution in [0.15, 0.2) is 6.20 Å². The van der Waals surface area contributed by atoms with E-state index in [4.69, 9.17) is 16.3 Å². The molecule has 0 unspecified atom stereocenters. The van der Waals surface area contributed by atoms with E-state index in [1.54, 1.807) is 0 Å². The van der Waals surface area contributed by atoms with E-state index in [-0.39, 0.29) is 6.09 Å². The molecule has 1 fully saturated rings. The number of nitrogens with one attached hydrogen (secondary N) is 1. The number of carbonyl (C=O) groups excluding carboxylic acids is 1. The number of ether oxygens (including phenoxy) is 1. The molecule has 1 N–H and O–H groups in total. The van der Waals surface area contributed by atoms with Crippen LogP contribution in [0.2, 0.25) is 4.47 Å². The smallest absolute Gasteiger partial charge is 0.407 e. The lowest BCUT2D eigenvalue weighted by Gasteiger charge is -2.20. The first kappa shape index (κ1) is 16.5. The zero-order chi connectivity index (χ0) is 15.5. The highest BCUT2D eigenvalue weighted by molar-refractivity contribution is 7.15. The molecule has 118 valence electrons. The van der Waals surface area contributed by atoms with E-state index in [2.05, 4.69) is 15.2 Å². The number of thiazole rings is 1. The van der Waals surface area contributed by atoms with Crippen LogP contribution in [-0.2, 0) is 11.3 Å². The fourth-order valence-electron chi connectivity index (χ4n) is 2.34. The van der Waals surface area contributed by atoms with Crippen molar-refractivity contribution < 1.29 is 9.53 Å². The van der Waals surface area contributed by atoms with Crippen molar-refractivity contribution in [2.24, 2.45) is 5.92 Å². The van der Waals surface area contributed by atoms with Crippen molar-refractivity contribution in [1.82, 2.24) is 15.2 Å². The van der Waals surface area contributed by atoms with Crippen LogP contribution >= 0.6 is 22.9 Å². The fourth-order valence-corrected chi connectivity index (χ4v) is 3.36. The number of nitrogens with zero attached hydrogens (tertiary/aromatic N) is 2. The molecule has 0 radical (unpaired) electrons. The van der Waals surface area contributed by atoms with E-state index >= 15 is 0 Å². The van der Waals surface area contributed by atoms with Gasteiger partial charge in [-0.2, -0.15) is 0 Å². The van der Waals surface area contributed by atoms with Crippen LogP contribution in [0.5, 0.6) is 0 Å². The molecule has 21 heavy (non-hydrogen) atoms. The van der Waals surface area contributed by atoms with Gasteiger partial charge in [-0.05, 0) is 39.7 Å². The van der Waals surface area contributed by atoms with E-state index in [1.807, 2.05) is 27.0 Å². The number of alkyl carbamates (subject to hydrolysis) is 1. The largest absolute Gasteiger partial charge is 0.444 e. The molecule has 1 aromatic rings. The molecule has 2 rings (SSSR count). The monoisotopic (exact) mass is 331 g/mol. The second kappa shape index (κ2) is 6.94. The van der Waals surface area contributed by atoms with Crippen LogP contribution in [0, 0.1) is 5.92 Å². The van der Waals surface area contributed by atoms with Gasteiger partial charge in [-0.15, -0.1) is 11.3 Å². The Kier molecular flexibility index (Phi) is 5.46. The molecule has 1 amide bonds. The lowest BCUT2D eigenvalue weighted by atomic mass is 10.1. The van der Waals surface area contributed by atoms with E-state index in [0.29, 0.717) is 16.9 Å². The van der Waals surface area contributed by atoms with Crippen LogP contribution in [0.1, 0.15) is 32.1 Å². The van der Waals surface area contributed by atoms with E-state index in [0.717, 1.165) is 26.1 Å². The predicted molar refractivity (Wildman–Crippen MR) is 84.7 cm³/mol. The number of carbonyl (C=O) groups is 1. The third kappa shape index (κ3) is 5.80. The highest BCUT2D eigenvalue weighted by atomic mass is 35.5. The highest BCUT2D eigenvalue weighted by Gasteiger charge is 2.24. The summed E-state index contributed by atoms with van der Waals surface area (Å²) in [6.45, 7) is 9.15. The number of likely N-dealkylation sites (tertiary alicyclic amines) is 1. The summed E-state index contributed by atoms with van der Waals surface area (Å²) >= 11 is 7.36. The van der Waals surface area contributed by atoms with E-state index in [9.17, 15) is 4.79 Å². The van der Waals surface area contributed by atoms with Crippen molar-refractivity contribution in [2.45, 2.75) is 39.3 Å². The van der Waals surface area contributed by atoms with Gasteiger partial charge in [-0.3, -0.25) is 4.90 Å². The number of aromatic nitrogens is 1. The van der Waals surface area contributed by atoms with Crippen molar-refractivity contribution in [1.29, 1.82) is 0 Å². The summed E-state index contributed by atoms with van der Waals surface area (Å²) in [5.41, 5.74) is -0.447. The molecule has 0 spiro atoms. The van der Waals surface area contributed by atoms with Crippen LogP contribution in [0.25, 0.3) is 0 Å². The Hall–Kier alpha value is -0.850. The number of hydrogen-bond acceptors (Lipinski definition) is 5. The molecule has 0 aliphatic carbocycles. The van der Waals surface area contributed by atoms with Gasteiger partial charge in [0.15, 0.2) is 4.47 Å². The highest BCUT2D eigenvalue weighted by Crippen LogP contribution is 2.23. The molecule has 1 aliphatic rings. The first-order chi connectivity index (χ1) is 9.82. The van der Waals surface area contributed by atoms with Gasteiger partial charge < -0.3 is 10.1 Å². The summed E-state index contributed by atoms with van der Waals surface area (Å²) in [6, 6.07) is 0. The number of hydrogen-bond donors (Lipinski definition) is 1. The number of rotatable bonds is 4. The zero-order valence-electron chi connectivity index (χ0n) is 12.7. The van der Waals surface area contributed by atoms with Crippen molar-refractivity contribution in [3.63, 3.8) is 0 Å². The van der Waals surface area contributed by atoms with Crippen molar-refractivity contribution >= 4 is 29.0 Å². The van der Waals surface area contributed by atoms with E-state index in [1.165, 1.54) is 16.2 Å². The van der Waals surface area contributed by atoms with Crippen LogP contribution < -0.4 is 5.32 Å². The van der Waals surface area contributed by atoms with Gasteiger partial charge in [0.25, 0.3) is 0 Å². The van der Waals surface area contributed by atoms with Gasteiger partial charge in [0.1, 0.15) is 5.60 Å². The van der Waals surface area contributed by atoms with Gasteiger partial charge in [-0.25, -0.2) is 9.78 Å². The molecule has 7 heteroatoms. The molecular formula is C14H22ClN3O2S. The molecule has 2 heterocycles. The molecule has 1 aliphatic heterocycles. The molecule has 5 nitrogen and oxygen atoms in total. The average Bonchev–Trinajstić information content (AvgIpc) is 2.95. The molecule has 1 atom stereocenters. The summed E-state index contributed by atoms with van der Waals surface area (Å²) < 4.78 is 5.83. The number of halogens is 1. The summed E-state index contributed by atoms with van der Waals surface area (Å²) in [7, 11) is 0. The summed E-state index contributed by atoms with van der Waals surface area (Å²) in [4.78, 5) is 19.2. The van der Waals surface area contributed by atoms with E-state index < -0.39 is 5.60 Å². The van der Waals surface area contributed by atoms with Crippen molar-refractivity contribution in [3.8, 4) is 0 Å². The Labute approximate surface area is 134 Å². The Balaban J connectivity index is 1.69. The fraction of sp³-hybridized carbons (Fsp3) is 0.714. The lowest BCUT2D eigenvalue weighted by molar-refractivity contribution is 0.0519. The first-order valence-electron chi connectivity index (χ1n) is 7.11. The summed E-state index contributed by atoms with van der Waals surface area (Å²) in [5.74, 6) is 0.473. The minimum atomic E-state index is -0.447. The molecule has 1 aromatic heterocycles. The van der Waals surface area contributed by atoms with Crippen molar-refractivity contribution in [2.75, 3.05) is 19.6 Å². The first-order valence-corrected chi connectivity index (χ1v) is 8.31. The summed E-state index contributed by atoms with van der Waals surface area (Å²) in [6.07, 6.45) is 2.58. The maximum absolute atomic E-state index is 11.6. The van der Waals surface area contributed by atoms with Crippen LogP contribution in [-0.4, -0.2) is 41.2 Å². The quantitative estimate of drug-likeness (QED) is 0.921. The van der Waals surface area contributed by atoms with Crippen LogP contribution in [0.3, 0.4) is 0 Å². The average molecular weight is 332 g/mol. The SMILES string of the molecule is CC(C)(C)OC(=O)NC[C@@H]1CCN(Cc2cnc(Cl)s2)C1. The minimum absolute atomic E-state index is 0.338. The van der Waals surface area contributed by atoms with Crippen molar-refractivity contribution in [3.05, 3.63) is 15.5 Å². The van der Waals surface area contributed by atoms with Gasteiger partial charge in [0, 0.05) is 30.7 Å². The Morgan fingerprint density at radius 1 is 1.62 bits per heavy atom. The molecular weight excluding hydrogens is 310 g/mol. The molecule has 0 aromatic carbocycles. The van der Waals surface area contributed by atoms with Gasteiger partial charge >= 0.3 is 6.09 Å². The van der Waals surface area contributed by atoms with Gasteiger partial charge in [-0.1, -0.05) is 11.6 Å². The third-order valence-corrected chi connectivity index (χ3v) is 4.31. The predicted octanol–water partition coefficient (Wildman–Crippen LogP) is 3.14. The molecule has 1 saturated heterocycles. The Morgan fingerprint density at radius 3 is 3.00 bits per heavy atom. The zero-order valence-corrected chi connectivity index (χ0v) is 14.3. The molecule has 0 saturated carbocycles. The Morgan fingerprint density at radius 2 is 2.38 bits per heavy atom. The standard InChI is InChI=1S/C14H22ClN3O2S/c1-14(2,3)20-13(19)17-6-10-4-5-18(8-10)9-11-7-16-12(15)21-11/h7,10H,4-6,8-9H2,1-3H3,(H,17,19)/t10-/m0/s1. The summed E-state index contributed by atoms with van der Waals surface area (Å²) in [5, 5.41) is 2.85. The second-order valence-corrected chi connectivity index (χ2v) is 8.05. The number of amides is 1. The van der Waals surface area contributed by atoms with Crippen LogP contribution in [0.4, 0.5) is 4.79 Å². The maximum atomic E-state index is 11.6. The second-order valence-electron chi connectivity index (χ2n) is 6.35. The Bertz CT molecular complexity index is 487. The topological polar surface area (TPSA) is 54.5 Å². The third-order valence-electron chi connectivity index (χ3n) is 3.21. The normalized spacial score (nSPS) is 19.7.